The van der Waals surface area contributed by atoms with E-state index in [1.807, 2.05) is 0 Å². The van der Waals surface area contributed by atoms with Gasteiger partial charge >= 0.3 is 7.12 Å². The van der Waals surface area contributed by atoms with Crippen LogP contribution in [0.15, 0.2) is 133 Å². The molecule has 0 bridgehead atoms. The first-order valence-electron chi connectivity index (χ1n) is 17.8. The Balaban J connectivity index is 1.23. The summed E-state index contributed by atoms with van der Waals surface area (Å²) in [6.45, 7) is 8.47. The molecule has 0 N–H and O–H groups in total. The molecule has 9 aromatic carbocycles. The van der Waals surface area contributed by atoms with Gasteiger partial charge in [0.05, 0.1) is 11.2 Å². The van der Waals surface area contributed by atoms with E-state index < -0.39 is 18.3 Å². The zero-order valence-corrected chi connectivity index (χ0v) is 28.7. The average Bonchev–Trinajstić information content (AvgIpc) is 3.57. The quantitative estimate of drug-likeness (QED) is 0.138. The van der Waals surface area contributed by atoms with Crippen molar-refractivity contribution >= 4 is 77.2 Å². The smallest absolute Gasteiger partial charge is 0.399 e. The van der Waals surface area contributed by atoms with Gasteiger partial charge < -0.3 is 9.31 Å². The third-order valence-corrected chi connectivity index (χ3v) is 12.3. The Morgan fingerprint density at radius 1 is 0.460 bits per heavy atom. The van der Waals surface area contributed by atoms with Crippen LogP contribution in [0.2, 0.25) is 0 Å². The molecule has 1 atom stereocenters. The maximum Gasteiger partial charge on any atom is 0.494 e. The van der Waals surface area contributed by atoms with Gasteiger partial charge in [0, 0.05) is 5.92 Å². The Labute approximate surface area is 291 Å². The van der Waals surface area contributed by atoms with Crippen LogP contribution in [0.25, 0.3) is 75.8 Å². The lowest BCUT2D eigenvalue weighted by Crippen LogP contribution is -2.41. The van der Waals surface area contributed by atoms with Crippen molar-refractivity contribution in [2.24, 2.45) is 0 Å². The highest BCUT2D eigenvalue weighted by molar-refractivity contribution is 6.62. The molecule has 1 heterocycles. The second-order valence-electron chi connectivity index (χ2n) is 15.5. The minimum atomic E-state index is -0.411. The first-order chi connectivity index (χ1) is 24.3. The molecule has 50 heavy (non-hydrogen) atoms. The molecule has 0 spiro atoms. The molecule has 1 aliphatic heterocycles. The van der Waals surface area contributed by atoms with Crippen LogP contribution in [0.4, 0.5) is 0 Å². The number of fused-ring (bicyclic) bond motifs is 10. The maximum absolute atomic E-state index is 6.52. The number of hydrogen-bond acceptors (Lipinski definition) is 2. The minimum Gasteiger partial charge on any atom is -0.399 e. The van der Waals surface area contributed by atoms with Crippen LogP contribution in [0.1, 0.15) is 50.3 Å². The number of benzene rings is 9. The minimum absolute atomic E-state index is 0.137. The maximum atomic E-state index is 6.52. The second-order valence-corrected chi connectivity index (χ2v) is 15.5. The van der Waals surface area contributed by atoms with Gasteiger partial charge in [-0.15, -0.1) is 0 Å². The predicted octanol–water partition coefficient (Wildman–Crippen LogP) is 11.5. The van der Waals surface area contributed by atoms with E-state index in [9.17, 15) is 0 Å². The van der Waals surface area contributed by atoms with Crippen LogP contribution < -0.4 is 5.46 Å². The van der Waals surface area contributed by atoms with E-state index in [0.717, 1.165) is 5.46 Å². The molecular formula is C47H35BO2. The summed E-state index contributed by atoms with van der Waals surface area (Å²) in [5, 5.41) is 15.6. The van der Waals surface area contributed by atoms with Crippen LogP contribution in [0, 0.1) is 0 Å². The van der Waals surface area contributed by atoms with E-state index in [1.54, 1.807) is 0 Å². The van der Waals surface area contributed by atoms with Crippen molar-refractivity contribution in [3.8, 4) is 11.1 Å². The van der Waals surface area contributed by atoms with Crippen LogP contribution >= 0.6 is 0 Å². The van der Waals surface area contributed by atoms with E-state index >= 15 is 0 Å². The van der Waals surface area contributed by atoms with E-state index in [1.165, 1.54) is 92.5 Å². The standard InChI is InChI=1S/C47H35BO2/c1-46(2)47(3,4)50-48(49-46)31-20-22-34-36(24-31)32-15-8-9-16-33(32)37-26-40-39(25-38(34)37)43(27-11-6-5-7-12-27)41-23-30-18-17-28-13-10-14-29-19-21-35(45(40)41)44(30)42(28)29/h5-26,43H,1-4H3. The molecule has 0 aromatic heterocycles. The Morgan fingerprint density at radius 2 is 1.06 bits per heavy atom. The lowest BCUT2D eigenvalue weighted by Gasteiger charge is -2.32. The van der Waals surface area contributed by atoms with E-state index in [4.69, 9.17) is 9.31 Å². The lowest BCUT2D eigenvalue weighted by atomic mass is 9.77. The van der Waals surface area contributed by atoms with Crippen molar-refractivity contribution in [3.05, 3.63) is 150 Å². The molecule has 1 aliphatic carbocycles. The van der Waals surface area contributed by atoms with Crippen molar-refractivity contribution < 1.29 is 9.31 Å². The summed E-state index contributed by atoms with van der Waals surface area (Å²) in [5.74, 6) is 0.137. The summed E-state index contributed by atoms with van der Waals surface area (Å²) in [4.78, 5) is 0. The van der Waals surface area contributed by atoms with Gasteiger partial charge in [0.25, 0.3) is 0 Å². The fourth-order valence-corrected chi connectivity index (χ4v) is 9.15. The van der Waals surface area contributed by atoms with E-state index in [2.05, 4.69) is 161 Å². The van der Waals surface area contributed by atoms with Crippen molar-refractivity contribution in [1.29, 1.82) is 0 Å². The van der Waals surface area contributed by atoms with Gasteiger partial charge in [0.2, 0.25) is 0 Å². The molecule has 2 aliphatic rings. The normalized spacial score (nSPS) is 17.9. The highest BCUT2D eigenvalue weighted by Crippen LogP contribution is 2.55. The summed E-state index contributed by atoms with van der Waals surface area (Å²) in [7, 11) is -0.411. The number of hydrogen-bond donors (Lipinski definition) is 0. The van der Waals surface area contributed by atoms with Gasteiger partial charge in [0.15, 0.2) is 0 Å². The molecule has 0 amide bonds. The first-order valence-corrected chi connectivity index (χ1v) is 17.8. The largest absolute Gasteiger partial charge is 0.494 e. The first kappa shape index (κ1) is 28.6. The Morgan fingerprint density at radius 3 is 1.80 bits per heavy atom. The summed E-state index contributed by atoms with van der Waals surface area (Å²) >= 11 is 0. The molecule has 2 nitrogen and oxygen atoms in total. The molecule has 3 heteroatoms. The van der Waals surface area contributed by atoms with Gasteiger partial charge in [-0.05, 0) is 144 Å². The molecule has 1 saturated heterocycles. The summed E-state index contributed by atoms with van der Waals surface area (Å²) in [5.41, 5.74) is 7.08. The predicted molar refractivity (Wildman–Crippen MR) is 211 cm³/mol. The highest BCUT2D eigenvalue weighted by Gasteiger charge is 2.51. The zero-order valence-electron chi connectivity index (χ0n) is 28.7. The molecule has 0 radical (unpaired) electrons. The lowest BCUT2D eigenvalue weighted by molar-refractivity contribution is 0.00578. The molecule has 11 rings (SSSR count). The SMILES string of the molecule is CC1(C)OB(c2ccc3c(c2)c2ccccc2c2cc4c(cc32)C(c2ccccc2)c2cc3ccc5cccc6ccc(c2-4)c3c56)OC1(C)C. The monoisotopic (exact) mass is 642 g/mol. The molecule has 238 valence electrons. The van der Waals surface area contributed by atoms with Crippen LogP contribution in [0.5, 0.6) is 0 Å². The van der Waals surface area contributed by atoms with Crippen molar-refractivity contribution in [3.63, 3.8) is 0 Å². The molecular weight excluding hydrogens is 607 g/mol. The van der Waals surface area contributed by atoms with Gasteiger partial charge in [-0.25, -0.2) is 0 Å². The van der Waals surface area contributed by atoms with Gasteiger partial charge in [-0.2, -0.15) is 0 Å². The summed E-state index contributed by atoms with van der Waals surface area (Å²) in [6.07, 6.45) is 0. The van der Waals surface area contributed by atoms with Crippen molar-refractivity contribution in [2.45, 2.75) is 44.8 Å². The third-order valence-electron chi connectivity index (χ3n) is 12.3. The fraction of sp³-hybridized carbons (Fsp3) is 0.149. The molecule has 1 fully saturated rings. The second kappa shape index (κ2) is 9.72. The van der Waals surface area contributed by atoms with Crippen molar-refractivity contribution in [1.82, 2.24) is 0 Å². The zero-order chi connectivity index (χ0) is 33.5. The topological polar surface area (TPSA) is 18.5 Å². The van der Waals surface area contributed by atoms with Crippen LogP contribution in [-0.2, 0) is 9.31 Å². The Hall–Kier alpha value is -5.22. The molecule has 1 unspecified atom stereocenters. The highest BCUT2D eigenvalue weighted by atomic mass is 16.7. The number of rotatable bonds is 2. The Bertz CT molecular complexity index is 2850. The van der Waals surface area contributed by atoms with E-state index in [-0.39, 0.29) is 5.92 Å². The van der Waals surface area contributed by atoms with Gasteiger partial charge in [-0.1, -0.05) is 115 Å². The van der Waals surface area contributed by atoms with Crippen molar-refractivity contribution in [2.75, 3.05) is 0 Å². The van der Waals surface area contributed by atoms with Crippen LogP contribution in [0.3, 0.4) is 0 Å². The summed E-state index contributed by atoms with van der Waals surface area (Å²) < 4.78 is 13.0. The van der Waals surface area contributed by atoms with Gasteiger partial charge in [-0.3, -0.25) is 0 Å². The third kappa shape index (κ3) is 3.72. The fourth-order valence-electron chi connectivity index (χ4n) is 9.15. The van der Waals surface area contributed by atoms with Gasteiger partial charge in [0.1, 0.15) is 0 Å². The van der Waals surface area contributed by atoms with Crippen LogP contribution in [-0.4, -0.2) is 18.3 Å². The summed E-state index contributed by atoms with van der Waals surface area (Å²) in [6, 6.07) is 50.3. The average molecular weight is 643 g/mol. The molecule has 9 aromatic rings. The van der Waals surface area contributed by atoms with E-state index in [0.29, 0.717) is 0 Å². The molecule has 0 saturated carbocycles. The Kier molecular flexibility index (Phi) is 5.56.